The molecule has 0 unspecified atom stereocenters. The van der Waals surface area contributed by atoms with Crippen LogP contribution in [0.3, 0.4) is 0 Å². The van der Waals surface area contributed by atoms with E-state index >= 15 is 0 Å². The predicted octanol–water partition coefficient (Wildman–Crippen LogP) is 2.04. The zero-order valence-electron chi connectivity index (χ0n) is 12.9. The van der Waals surface area contributed by atoms with Gasteiger partial charge in [-0.25, -0.2) is 0 Å². The highest BCUT2D eigenvalue weighted by Crippen LogP contribution is 2.19. The molecule has 2 heterocycles. The molecule has 1 aromatic carbocycles. The van der Waals surface area contributed by atoms with E-state index in [0.717, 1.165) is 5.69 Å². The first kappa shape index (κ1) is 14.8. The summed E-state index contributed by atoms with van der Waals surface area (Å²) >= 11 is 0. The minimum absolute atomic E-state index is 0.0177. The second kappa shape index (κ2) is 5.91. The van der Waals surface area contributed by atoms with Gasteiger partial charge in [0, 0.05) is 18.3 Å². The Hall–Kier alpha value is -3.16. The molecule has 0 fully saturated rings. The molecule has 3 aromatic rings. The largest absolute Gasteiger partial charge is 0.497 e. The van der Waals surface area contributed by atoms with E-state index in [1.54, 1.807) is 36.1 Å². The first-order chi connectivity index (χ1) is 11.1. The van der Waals surface area contributed by atoms with Gasteiger partial charge in [0.2, 0.25) is 0 Å². The van der Waals surface area contributed by atoms with Crippen molar-refractivity contribution in [2.75, 3.05) is 12.4 Å². The third-order valence-corrected chi connectivity index (χ3v) is 3.33. The summed E-state index contributed by atoms with van der Waals surface area (Å²) in [4.78, 5) is 12.1. The fourth-order valence-electron chi connectivity index (χ4n) is 1.95. The Bertz CT molecular complexity index is 816. The fraction of sp³-hybridized carbons (Fsp3) is 0.200. The summed E-state index contributed by atoms with van der Waals surface area (Å²) in [6.07, 6.45) is 0. The minimum Gasteiger partial charge on any atom is -0.497 e. The van der Waals surface area contributed by atoms with Crippen LogP contribution in [-0.2, 0) is 7.05 Å². The molecule has 118 valence electrons. The highest BCUT2D eigenvalue weighted by molar-refractivity contribution is 6.03. The number of nitrogens with one attached hydrogen (secondary N) is 1. The maximum Gasteiger partial charge on any atom is 0.322 e. The second-order valence-electron chi connectivity index (χ2n) is 4.89. The van der Waals surface area contributed by atoms with Crippen molar-refractivity contribution >= 4 is 11.9 Å². The van der Waals surface area contributed by atoms with E-state index in [1.165, 1.54) is 0 Å². The van der Waals surface area contributed by atoms with E-state index in [0.29, 0.717) is 17.0 Å². The Morgan fingerprint density at radius 1 is 1.26 bits per heavy atom. The third kappa shape index (κ3) is 3.05. The number of aryl methyl sites for hydroxylation is 2. The Kier molecular flexibility index (Phi) is 3.80. The van der Waals surface area contributed by atoms with Crippen molar-refractivity contribution in [2.24, 2.45) is 7.05 Å². The molecule has 0 bridgehead atoms. The quantitative estimate of drug-likeness (QED) is 0.792. The summed E-state index contributed by atoms with van der Waals surface area (Å²) in [7, 11) is 3.38. The minimum atomic E-state index is -0.347. The number of hydrogen-bond donors (Lipinski definition) is 1. The molecular formula is C15H15N5O3. The Labute approximate surface area is 132 Å². The van der Waals surface area contributed by atoms with Crippen molar-refractivity contribution in [2.45, 2.75) is 6.92 Å². The molecule has 1 N–H and O–H groups in total. The maximum atomic E-state index is 12.1. The molecule has 8 nitrogen and oxygen atoms in total. The number of hydrogen-bond acceptors (Lipinski definition) is 6. The molecule has 1 amide bonds. The van der Waals surface area contributed by atoms with Crippen LogP contribution < -0.4 is 10.1 Å². The first-order valence-corrected chi connectivity index (χ1v) is 6.87. The van der Waals surface area contributed by atoms with Crippen molar-refractivity contribution in [1.82, 2.24) is 20.0 Å². The number of ether oxygens (including phenoxy) is 1. The lowest BCUT2D eigenvalue weighted by Crippen LogP contribution is -2.11. The van der Waals surface area contributed by atoms with Gasteiger partial charge >= 0.3 is 6.01 Å². The summed E-state index contributed by atoms with van der Waals surface area (Å²) in [5.41, 5.74) is 1.98. The second-order valence-corrected chi connectivity index (χ2v) is 4.89. The molecule has 0 radical (unpaired) electrons. The average Bonchev–Trinajstić information content (AvgIpc) is 3.14. The van der Waals surface area contributed by atoms with Crippen LogP contribution in [0.25, 0.3) is 11.6 Å². The predicted molar refractivity (Wildman–Crippen MR) is 82.2 cm³/mol. The number of carbonyl (C=O) groups is 1. The standard InChI is InChI=1S/C15H15N5O3/c1-9-8-12(19-20(9)2)14-17-18-15(23-14)16-13(21)10-4-6-11(22-3)7-5-10/h4-8H,1-3H3,(H,16,18,21). The summed E-state index contributed by atoms with van der Waals surface area (Å²) < 4.78 is 12.2. The number of anilines is 1. The highest BCUT2D eigenvalue weighted by atomic mass is 16.5. The number of methoxy groups -OCH3 is 1. The lowest BCUT2D eigenvalue weighted by Gasteiger charge is -2.02. The van der Waals surface area contributed by atoms with Gasteiger partial charge in [-0.05, 0) is 37.3 Å². The number of amides is 1. The molecule has 23 heavy (non-hydrogen) atoms. The molecule has 2 aromatic heterocycles. The van der Waals surface area contributed by atoms with E-state index in [4.69, 9.17) is 9.15 Å². The third-order valence-electron chi connectivity index (χ3n) is 3.33. The first-order valence-electron chi connectivity index (χ1n) is 6.87. The zero-order chi connectivity index (χ0) is 16.4. The maximum absolute atomic E-state index is 12.1. The van der Waals surface area contributed by atoms with Crippen molar-refractivity contribution in [3.8, 4) is 17.3 Å². The number of benzene rings is 1. The van der Waals surface area contributed by atoms with Gasteiger partial charge in [-0.15, -0.1) is 5.10 Å². The van der Waals surface area contributed by atoms with Crippen molar-refractivity contribution in [3.05, 3.63) is 41.6 Å². The van der Waals surface area contributed by atoms with Crippen LogP contribution in [-0.4, -0.2) is 33.0 Å². The average molecular weight is 313 g/mol. The fourth-order valence-corrected chi connectivity index (χ4v) is 1.95. The van der Waals surface area contributed by atoms with Crippen LogP contribution in [0.15, 0.2) is 34.7 Å². The van der Waals surface area contributed by atoms with E-state index in [-0.39, 0.29) is 17.8 Å². The number of nitrogens with zero attached hydrogens (tertiary/aromatic N) is 4. The van der Waals surface area contributed by atoms with Gasteiger partial charge in [-0.2, -0.15) is 5.10 Å². The topological polar surface area (TPSA) is 95.1 Å². The van der Waals surface area contributed by atoms with E-state index in [9.17, 15) is 4.79 Å². The van der Waals surface area contributed by atoms with Gasteiger partial charge in [-0.1, -0.05) is 5.10 Å². The summed E-state index contributed by atoms with van der Waals surface area (Å²) in [5, 5.41) is 14.5. The van der Waals surface area contributed by atoms with E-state index in [1.807, 2.05) is 20.0 Å². The molecule has 3 rings (SSSR count). The summed E-state index contributed by atoms with van der Waals surface area (Å²) in [6, 6.07) is 8.53. The van der Waals surface area contributed by atoms with Crippen LogP contribution in [0, 0.1) is 6.92 Å². The van der Waals surface area contributed by atoms with E-state index in [2.05, 4.69) is 20.6 Å². The van der Waals surface area contributed by atoms with Gasteiger partial charge in [-0.3, -0.25) is 14.8 Å². The molecule has 0 saturated heterocycles. The SMILES string of the molecule is COc1ccc(C(=O)Nc2nnc(-c3cc(C)n(C)n3)o2)cc1. The van der Waals surface area contributed by atoms with Gasteiger partial charge in [0.15, 0.2) is 0 Å². The normalized spacial score (nSPS) is 10.6. The molecule has 0 aliphatic rings. The molecule has 8 heteroatoms. The molecule has 0 saturated carbocycles. The summed E-state index contributed by atoms with van der Waals surface area (Å²) in [5.74, 6) is 0.575. The molecule has 0 spiro atoms. The monoisotopic (exact) mass is 313 g/mol. The Morgan fingerprint density at radius 2 is 2.00 bits per heavy atom. The lowest BCUT2D eigenvalue weighted by atomic mass is 10.2. The number of rotatable bonds is 4. The smallest absolute Gasteiger partial charge is 0.322 e. The molecular weight excluding hydrogens is 298 g/mol. The lowest BCUT2D eigenvalue weighted by molar-refractivity contribution is 0.102. The van der Waals surface area contributed by atoms with Crippen molar-refractivity contribution in [3.63, 3.8) is 0 Å². The Balaban J connectivity index is 1.74. The van der Waals surface area contributed by atoms with Crippen LogP contribution in [0.1, 0.15) is 16.1 Å². The highest BCUT2D eigenvalue weighted by Gasteiger charge is 2.15. The van der Waals surface area contributed by atoms with Crippen LogP contribution in [0.4, 0.5) is 6.01 Å². The van der Waals surface area contributed by atoms with Gasteiger partial charge in [0.25, 0.3) is 11.8 Å². The number of carbonyl (C=O) groups excluding carboxylic acids is 1. The molecule has 0 aliphatic carbocycles. The van der Waals surface area contributed by atoms with Crippen LogP contribution in [0.2, 0.25) is 0 Å². The van der Waals surface area contributed by atoms with Crippen LogP contribution in [0.5, 0.6) is 5.75 Å². The van der Waals surface area contributed by atoms with Crippen molar-refractivity contribution < 1.29 is 13.9 Å². The molecule has 0 atom stereocenters. The van der Waals surface area contributed by atoms with E-state index < -0.39 is 0 Å². The van der Waals surface area contributed by atoms with Gasteiger partial charge < -0.3 is 9.15 Å². The van der Waals surface area contributed by atoms with Crippen LogP contribution >= 0.6 is 0 Å². The molecule has 0 aliphatic heterocycles. The summed E-state index contributed by atoms with van der Waals surface area (Å²) in [6.45, 7) is 1.92. The van der Waals surface area contributed by atoms with Gasteiger partial charge in [0.1, 0.15) is 11.4 Å². The van der Waals surface area contributed by atoms with Crippen molar-refractivity contribution in [1.29, 1.82) is 0 Å². The Morgan fingerprint density at radius 3 is 2.61 bits per heavy atom. The number of aromatic nitrogens is 4. The van der Waals surface area contributed by atoms with Gasteiger partial charge in [0.05, 0.1) is 7.11 Å². The zero-order valence-corrected chi connectivity index (χ0v) is 12.9.